The van der Waals surface area contributed by atoms with Gasteiger partial charge in [-0.25, -0.2) is 0 Å². The first-order valence-corrected chi connectivity index (χ1v) is 9.71. The summed E-state index contributed by atoms with van der Waals surface area (Å²) in [6.07, 6.45) is 14.0. The van der Waals surface area contributed by atoms with E-state index in [1.165, 1.54) is 12.2 Å². The predicted octanol–water partition coefficient (Wildman–Crippen LogP) is 6.59. The van der Waals surface area contributed by atoms with Crippen LogP contribution in [0.4, 0.5) is 0 Å². The molecule has 0 N–H and O–H groups in total. The van der Waals surface area contributed by atoms with Crippen LogP contribution in [0.3, 0.4) is 0 Å². The van der Waals surface area contributed by atoms with Crippen molar-refractivity contribution in [2.75, 3.05) is 0 Å². The summed E-state index contributed by atoms with van der Waals surface area (Å²) < 4.78 is 0. The Balaban J connectivity index is 1.54. The van der Waals surface area contributed by atoms with Crippen LogP contribution in [0, 0.1) is 0 Å². The normalized spacial score (nSPS) is 11.7. The van der Waals surface area contributed by atoms with Crippen LogP contribution in [0.25, 0.3) is 12.2 Å². The number of hydrogen-bond donors (Lipinski definition) is 0. The second-order valence-electron chi connectivity index (χ2n) is 6.56. The summed E-state index contributed by atoms with van der Waals surface area (Å²) in [6, 6.07) is 26.5. The van der Waals surface area contributed by atoms with E-state index in [0.29, 0.717) is 11.1 Å². The van der Waals surface area contributed by atoms with Crippen molar-refractivity contribution < 1.29 is 9.59 Å². The van der Waals surface area contributed by atoms with Crippen molar-refractivity contribution in [1.82, 2.24) is 0 Å². The molecule has 0 aliphatic heterocycles. The molecule has 0 radical (unpaired) electrons. The van der Waals surface area contributed by atoms with Gasteiger partial charge in [-0.3, -0.25) is 9.59 Å². The van der Waals surface area contributed by atoms with Crippen LogP contribution in [0.15, 0.2) is 121 Å². The minimum atomic E-state index is -0.104. The van der Waals surface area contributed by atoms with Crippen molar-refractivity contribution in [1.29, 1.82) is 0 Å². The summed E-state index contributed by atoms with van der Waals surface area (Å²) in [5.41, 5.74) is 3.24. The second kappa shape index (κ2) is 11.1. The van der Waals surface area contributed by atoms with Crippen LogP contribution in [0.2, 0.25) is 0 Å². The first-order valence-electron chi connectivity index (χ1n) is 9.71. The van der Waals surface area contributed by atoms with E-state index in [2.05, 4.69) is 0 Å². The molecule has 0 saturated heterocycles. The molecular formula is C28H22O2. The minimum absolute atomic E-state index is 0.104. The fraction of sp³-hybridized carbons (Fsp3) is 0. The van der Waals surface area contributed by atoms with Crippen LogP contribution >= 0.6 is 0 Å². The Morgan fingerprint density at radius 1 is 0.467 bits per heavy atom. The molecule has 0 spiro atoms. The number of carbonyl (C=O) groups is 2. The lowest BCUT2D eigenvalue weighted by molar-refractivity contribution is 0.103. The quantitative estimate of drug-likeness (QED) is 0.247. The maximum Gasteiger partial charge on any atom is 0.185 e. The molecule has 0 aliphatic rings. The van der Waals surface area contributed by atoms with Crippen molar-refractivity contribution in [3.8, 4) is 0 Å². The van der Waals surface area contributed by atoms with E-state index in [9.17, 15) is 9.59 Å². The van der Waals surface area contributed by atoms with Crippen molar-refractivity contribution >= 4 is 23.7 Å². The average Bonchev–Trinajstić information content (AvgIpc) is 2.81. The summed E-state index contributed by atoms with van der Waals surface area (Å²) in [5, 5.41) is 0. The van der Waals surface area contributed by atoms with Gasteiger partial charge in [-0.15, -0.1) is 0 Å². The minimum Gasteiger partial charge on any atom is -0.289 e. The van der Waals surface area contributed by atoms with Gasteiger partial charge in [-0.2, -0.15) is 0 Å². The Bertz CT molecular complexity index is 994. The molecule has 146 valence electrons. The van der Waals surface area contributed by atoms with Crippen LogP contribution in [-0.4, -0.2) is 11.6 Å². The summed E-state index contributed by atoms with van der Waals surface area (Å²) in [5.74, 6) is -0.207. The van der Waals surface area contributed by atoms with Crippen LogP contribution < -0.4 is 0 Å². The van der Waals surface area contributed by atoms with E-state index in [0.717, 1.165) is 11.1 Å². The van der Waals surface area contributed by atoms with Crippen LogP contribution in [0.5, 0.6) is 0 Å². The molecule has 0 aliphatic carbocycles. The monoisotopic (exact) mass is 390 g/mol. The maximum absolute atomic E-state index is 12.3. The molecule has 0 bridgehead atoms. The molecule has 0 saturated carbocycles. The first-order chi connectivity index (χ1) is 14.7. The maximum atomic E-state index is 12.3. The molecular weight excluding hydrogens is 368 g/mol. The molecule has 0 atom stereocenters. The molecule has 2 nitrogen and oxygen atoms in total. The first kappa shape index (κ1) is 20.7. The Morgan fingerprint density at radius 3 is 1.20 bits per heavy atom. The highest BCUT2D eigenvalue weighted by molar-refractivity contribution is 6.07. The third-order valence-electron chi connectivity index (χ3n) is 4.35. The van der Waals surface area contributed by atoms with Gasteiger partial charge in [0.15, 0.2) is 11.6 Å². The van der Waals surface area contributed by atoms with Crippen molar-refractivity contribution in [3.63, 3.8) is 0 Å². The van der Waals surface area contributed by atoms with Gasteiger partial charge in [-0.1, -0.05) is 121 Å². The van der Waals surface area contributed by atoms with E-state index in [4.69, 9.17) is 0 Å². The number of benzene rings is 3. The lowest BCUT2D eigenvalue weighted by atomic mass is 10.0. The van der Waals surface area contributed by atoms with Gasteiger partial charge in [-0.05, 0) is 23.3 Å². The van der Waals surface area contributed by atoms with Crippen molar-refractivity contribution in [2.45, 2.75) is 0 Å². The number of rotatable bonds is 8. The highest BCUT2D eigenvalue weighted by atomic mass is 16.1. The molecule has 0 unspecified atom stereocenters. The third-order valence-corrected chi connectivity index (χ3v) is 4.35. The Kier molecular flexibility index (Phi) is 7.64. The van der Waals surface area contributed by atoms with Gasteiger partial charge in [0, 0.05) is 11.1 Å². The average molecular weight is 390 g/mol. The summed E-state index contributed by atoms with van der Waals surface area (Å²) in [7, 11) is 0. The topological polar surface area (TPSA) is 34.1 Å². The van der Waals surface area contributed by atoms with Gasteiger partial charge in [0.2, 0.25) is 0 Å². The molecule has 0 aromatic heterocycles. The second-order valence-corrected chi connectivity index (χ2v) is 6.56. The summed E-state index contributed by atoms with van der Waals surface area (Å²) >= 11 is 0. The van der Waals surface area contributed by atoms with Crippen molar-refractivity contribution in [2.24, 2.45) is 0 Å². The van der Waals surface area contributed by atoms with E-state index in [1.807, 2.05) is 85.0 Å². The Labute approximate surface area is 177 Å². The molecule has 2 heteroatoms. The zero-order valence-electron chi connectivity index (χ0n) is 16.5. The van der Waals surface area contributed by atoms with Gasteiger partial charge < -0.3 is 0 Å². The lowest BCUT2D eigenvalue weighted by Crippen LogP contribution is -1.98. The number of hydrogen-bond acceptors (Lipinski definition) is 2. The smallest absolute Gasteiger partial charge is 0.185 e. The molecule has 3 rings (SSSR count). The molecule has 3 aromatic rings. The number of allylic oxidation sites excluding steroid dienone is 6. The van der Waals surface area contributed by atoms with Gasteiger partial charge in [0.05, 0.1) is 0 Å². The molecule has 3 aromatic carbocycles. The predicted molar refractivity (Wildman–Crippen MR) is 124 cm³/mol. The number of ketones is 2. The fourth-order valence-electron chi connectivity index (χ4n) is 2.74. The molecule has 30 heavy (non-hydrogen) atoms. The third kappa shape index (κ3) is 6.54. The van der Waals surface area contributed by atoms with Gasteiger partial charge in [0.1, 0.15) is 0 Å². The lowest BCUT2D eigenvalue weighted by Gasteiger charge is -1.98. The Morgan fingerprint density at radius 2 is 0.833 bits per heavy atom. The van der Waals surface area contributed by atoms with Crippen LogP contribution in [0.1, 0.15) is 31.8 Å². The molecule has 0 heterocycles. The largest absolute Gasteiger partial charge is 0.289 e. The Hall–Kier alpha value is -4.04. The zero-order chi connectivity index (χ0) is 21.0. The SMILES string of the molecule is O=C(/C=C/C=C/c1ccccc1)c1ccc(C(=O)/C=C/C=C/c2ccccc2)cc1. The highest BCUT2D eigenvalue weighted by Crippen LogP contribution is 2.08. The van der Waals surface area contributed by atoms with Crippen LogP contribution in [-0.2, 0) is 0 Å². The highest BCUT2D eigenvalue weighted by Gasteiger charge is 2.04. The summed E-state index contributed by atoms with van der Waals surface area (Å²) in [4.78, 5) is 24.5. The van der Waals surface area contributed by atoms with E-state index in [-0.39, 0.29) is 11.6 Å². The van der Waals surface area contributed by atoms with Gasteiger partial charge >= 0.3 is 0 Å². The van der Waals surface area contributed by atoms with Gasteiger partial charge in [0.25, 0.3) is 0 Å². The molecule has 0 fully saturated rings. The van der Waals surface area contributed by atoms with Crippen molar-refractivity contribution in [3.05, 3.63) is 144 Å². The van der Waals surface area contributed by atoms with E-state index in [1.54, 1.807) is 36.4 Å². The summed E-state index contributed by atoms with van der Waals surface area (Å²) in [6.45, 7) is 0. The zero-order valence-corrected chi connectivity index (χ0v) is 16.5. The molecule has 0 amide bonds. The standard InChI is InChI=1S/C28H22O2/c29-27(17-9-7-15-23-11-3-1-4-12-23)25-19-21-26(22-20-25)28(30)18-10-8-16-24-13-5-2-6-14-24/h1-22H/b15-7+,16-8+,17-9+,18-10+. The number of carbonyl (C=O) groups excluding carboxylic acids is 2. The van der Waals surface area contributed by atoms with E-state index < -0.39 is 0 Å². The van der Waals surface area contributed by atoms with E-state index >= 15 is 0 Å². The fourth-order valence-corrected chi connectivity index (χ4v) is 2.74.